The highest BCUT2D eigenvalue weighted by Gasteiger charge is 2.14. The summed E-state index contributed by atoms with van der Waals surface area (Å²) in [5, 5.41) is 13.1. The fourth-order valence-electron chi connectivity index (χ4n) is 2.94. The number of fused-ring (bicyclic) bond motifs is 1. The molecule has 0 radical (unpaired) electrons. The number of carbonyl (C=O) groups is 2. The average Bonchev–Trinajstić information content (AvgIpc) is 3.03. The van der Waals surface area contributed by atoms with Gasteiger partial charge in [-0.2, -0.15) is 5.26 Å². The first-order valence-corrected chi connectivity index (χ1v) is 9.73. The van der Waals surface area contributed by atoms with Crippen molar-refractivity contribution in [3.63, 3.8) is 0 Å². The Morgan fingerprint density at radius 1 is 1.24 bits per heavy atom. The second-order valence-corrected chi connectivity index (χ2v) is 7.08. The first-order valence-electron chi connectivity index (χ1n) is 8.94. The van der Waals surface area contributed by atoms with Crippen LogP contribution in [0, 0.1) is 11.3 Å². The van der Waals surface area contributed by atoms with Crippen LogP contribution in [0.15, 0.2) is 64.8 Å². The molecule has 29 heavy (non-hydrogen) atoms. The maximum atomic E-state index is 12.6. The van der Waals surface area contributed by atoms with Gasteiger partial charge in [0.15, 0.2) is 0 Å². The smallest absolute Gasteiger partial charge is 0.325 e. The van der Waals surface area contributed by atoms with Crippen LogP contribution in [0.25, 0.3) is 17.0 Å². The molecule has 0 unspecified atom stereocenters. The monoisotopic (exact) mass is 451 g/mol. The lowest BCUT2D eigenvalue weighted by Crippen LogP contribution is -2.13. The molecule has 0 aliphatic carbocycles. The van der Waals surface area contributed by atoms with Crippen LogP contribution in [0.1, 0.15) is 12.5 Å². The highest BCUT2D eigenvalue weighted by molar-refractivity contribution is 9.10. The Morgan fingerprint density at radius 2 is 2.03 bits per heavy atom. The Bertz CT molecular complexity index is 1140. The third-order valence-electron chi connectivity index (χ3n) is 4.17. The lowest BCUT2D eigenvalue weighted by atomic mass is 10.1. The third kappa shape index (κ3) is 4.92. The molecule has 0 saturated heterocycles. The van der Waals surface area contributed by atoms with Crippen LogP contribution in [0.4, 0.5) is 5.69 Å². The number of nitrogens with one attached hydrogen (secondary N) is 1. The molecular formula is C22H18BrN3O3. The van der Waals surface area contributed by atoms with E-state index in [0.717, 1.165) is 15.4 Å². The van der Waals surface area contributed by atoms with Crippen molar-refractivity contribution in [2.45, 2.75) is 13.5 Å². The topological polar surface area (TPSA) is 84.1 Å². The van der Waals surface area contributed by atoms with E-state index in [1.165, 1.54) is 6.08 Å². The van der Waals surface area contributed by atoms with Crippen molar-refractivity contribution < 1.29 is 14.3 Å². The van der Waals surface area contributed by atoms with Crippen LogP contribution < -0.4 is 5.32 Å². The van der Waals surface area contributed by atoms with Gasteiger partial charge >= 0.3 is 5.97 Å². The summed E-state index contributed by atoms with van der Waals surface area (Å²) in [6.45, 7) is 2.11. The zero-order valence-corrected chi connectivity index (χ0v) is 17.3. The van der Waals surface area contributed by atoms with Gasteiger partial charge in [-0.3, -0.25) is 9.59 Å². The molecule has 1 N–H and O–H groups in total. The van der Waals surface area contributed by atoms with Gasteiger partial charge < -0.3 is 14.6 Å². The normalized spacial score (nSPS) is 11.1. The van der Waals surface area contributed by atoms with E-state index in [4.69, 9.17) is 4.74 Å². The molecule has 6 nitrogen and oxygen atoms in total. The maximum absolute atomic E-state index is 12.6. The largest absolute Gasteiger partial charge is 0.465 e. The maximum Gasteiger partial charge on any atom is 0.325 e. The van der Waals surface area contributed by atoms with Crippen molar-refractivity contribution in [1.29, 1.82) is 5.26 Å². The number of rotatable bonds is 6. The second-order valence-electron chi connectivity index (χ2n) is 6.17. The summed E-state index contributed by atoms with van der Waals surface area (Å²) < 4.78 is 7.59. The van der Waals surface area contributed by atoms with E-state index in [-0.39, 0.29) is 18.1 Å². The minimum Gasteiger partial charge on any atom is -0.465 e. The van der Waals surface area contributed by atoms with Crippen LogP contribution in [-0.4, -0.2) is 23.1 Å². The van der Waals surface area contributed by atoms with E-state index < -0.39 is 5.91 Å². The summed E-state index contributed by atoms with van der Waals surface area (Å²) in [5.41, 5.74) is 2.03. The van der Waals surface area contributed by atoms with E-state index in [1.54, 1.807) is 35.9 Å². The van der Waals surface area contributed by atoms with E-state index in [9.17, 15) is 14.9 Å². The second kappa shape index (κ2) is 9.22. The minimum absolute atomic E-state index is 0.0380. The van der Waals surface area contributed by atoms with Gasteiger partial charge in [-0.1, -0.05) is 40.2 Å². The SMILES string of the molecule is CCOC(=O)Cn1cc(/C=C(/C#N)C(=O)Nc2cccc(Br)c2)c2ccccc21. The first kappa shape index (κ1) is 20.4. The van der Waals surface area contributed by atoms with E-state index >= 15 is 0 Å². The molecular weight excluding hydrogens is 434 g/mol. The summed E-state index contributed by atoms with van der Waals surface area (Å²) in [6, 6.07) is 16.6. The number of esters is 1. The quantitative estimate of drug-likeness (QED) is 0.339. The number of amides is 1. The number of anilines is 1. The zero-order valence-electron chi connectivity index (χ0n) is 15.7. The average molecular weight is 452 g/mol. The molecule has 0 spiro atoms. The minimum atomic E-state index is -0.507. The number of aromatic nitrogens is 1. The number of carbonyl (C=O) groups excluding carboxylic acids is 2. The molecule has 0 atom stereocenters. The summed E-state index contributed by atoms with van der Waals surface area (Å²) in [6.07, 6.45) is 3.27. The molecule has 0 aliphatic heterocycles. The number of ether oxygens (including phenoxy) is 1. The van der Waals surface area contributed by atoms with Crippen molar-refractivity contribution >= 4 is 50.5 Å². The van der Waals surface area contributed by atoms with Crippen LogP contribution in [0.2, 0.25) is 0 Å². The number of benzene rings is 2. The highest BCUT2D eigenvalue weighted by atomic mass is 79.9. The Morgan fingerprint density at radius 3 is 2.76 bits per heavy atom. The van der Waals surface area contributed by atoms with Crippen molar-refractivity contribution in [3.05, 3.63) is 70.3 Å². The predicted octanol–water partition coefficient (Wildman–Crippen LogP) is 4.51. The summed E-state index contributed by atoms with van der Waals surface area (Å²) in [4.78, 5) is 24.5. The van der Waals surface area contributed by atoms with Crippen LogP contribution in [0.5, 0.6) is 0 Å². The Balaban J connectivity index is 1.93. The van der Waals surface area contributed by atoms with Crippen molar-refractivity contribution in [2.24, 2.45) is 0 Å². The Kier molecular flexibility index (Phi) is 6.47. The first-order chi connectivity index (χ1) is 14.0. The van der Waals surface area contributed by atoms with Crippen molar-refractivity contribution in [2.75, 3.05) is 11.9 Å². The molecule has 0 bridgehead atoms. The van der Waals surface area contributed by atoms with Gasteiger partial charge in [0.25, 0.3) is 5.91 Å². The highest BCUT2D eigenvalue weighted by Crippen LogP contribution is 2.24. The number of halogens is 1. The van der Waals surface area contributed by atoms with Crippen LogP contribution >= 0.6 is 15.9 Å². The molecule has 7 heteroatoms. The molecule has 1 aromatic heterocycles. The van der Waals surface area contributed by atoms with Gasteiger partial charge in [0.1, 0.15) is 18.2 Å². The molecule has 0 saturated carbocycles. The molecule has 3 rings (SSSR count). The number of nitrogens with zero attached hydrogens (tertiary/aromatic N) is 2. The summed E-state index contributed by atoms with van der Waals surface area (Å²) >= 11 is 3.35. The van der Waals surface area contributed by atoms with Gasteiger partial charge in [-0.15, -0.1) is 0 Å². The lowest BCUT2D eigenvalue weighted by molar-refractivity contribution is -0.143. The molecule has 1 amide bonds. The van der Waals surface area contributed by atoms with Crippen molar-refractivity contribution in [1.82, 2.24) is 4.57 Å². The van der Waals surface area contributed by atoms with Gasteiger partial charge in [0.05, 0.1) is 6.61 Å². The lowest BCUT2D eigenvalue weighted by Gasteiger charge is -2.04. The van der Waals surface area contributed by atoms with Gasteiger partial charge in [-0.05, 0) is 37.3 Å². The number of para-hydroxylation sites is 1. The predicted molar refractivity (Wildman–Crippen MR) is 115 cm³/mol. The summed E-state index contributed by atoms with van der Waals surface area (Å²) in [7, 11) is 0. The Hall–Kier alpha value is -3.37. The number of nitriles is 1. The van der Waals surface area contributed by atoms with Crippen LogP contribution in [0.3, 0.4) is 0 Å². The van der Waals surface area contributed by atoms with Gasteiger partial charge in [0, 0.05) is 32.8 Å². The molecule has 2 aromatic carbocycles. The molecule has 0 fully saturated rings. The fourth-order valence-corrected chi connectivity index (χ4v) is 3.33. The molecule has 1 heterocycles. The standard InChI is InChI=1S/C22H18BrN3O3/c1-2-29-21(27)14-26-13-16(19-8-3-4-9-20(19)26)10-15(12-24)22(28)25-18-7-5-6-17(23)11-18/h3-11,13H,2,14H2,1H3,(H,25,28)/b15-10-. The van der Waals surface area contributed by atoms with E-state index in [1.807, 2.05) is 36.4 Å². The van der Waals surface area contributed by atoms with Gasteiger partial charge in [0.2, 0.25) is 0 Å². The molecule has 146 valence electrons. The van der Waals surface area contributed by atoms with E-state index in [0.29, 0.717) is 17.9 Å². The summed E-state index contributed by atoms with van der Waals surface area (Å²) in [5.74, 6) is -0.857. The molecule has 3 aromatic rings. The molecule has 0 aliphatic rings. The number of hydrogen-bond acceptors (Lipinski definition) is 4. The Labute approximate surface area is 176 Å². The van der Waals surface area contributed by atoms with E-state index in [2.05, 4.69) is 21.2 Å². The fraction of sp³-hybridized carbons (Fsp3) is 0.136. The van der Waals surface area contributed by atoms with Crippen molar-refractivity contribution in [3.8, 4) is 6.07 Å². The number of hydrogen-bond donors (Lipinski definition) is 1. The van der Waals surface area contributed by atoms with Gasteiger partial charge in [-0.25, -0.2) is 0 Å². The third-order valence-corrected chi connectivity index (χ3v) is 4.66. The zero-order chi connectivity index (χ0) is 20.8. The van der Waals surface area contributed by atoms with Crippen LogP contribution in [-0.2, 0) is 20.9 Å².